The Morgan fingerprint density at radius 1 is 1.25 bits per heavy atom. The summed E-state index contributed by atoms with van der Waals surface area (Å²) in [6, 6.07) is 6.87. The summed E-state index contributed by atoms with van der Waals surface area (Å²) in [5.74, 6) is -0.547. The van der Waals surface area contributed by atoms with Gasteiger partial charge in [0.15, 0.2) is 6.61 Å². The predicted octanol–water partition coefficient (Wildman–Crippen LogP) is 1.25. The van der Waals surface area contributed by atoms with E-state index in [1.54, 1.807) is 45.3 Å². The fraction of sp³-hybridized carbons (Fsp3) is 0.429. The molecule has 20 heavy (non-hydrogen) atoms. The predicted molar refractivity (Wildman–Crippen MR) is 72.9 cm³/mol. The summed E-state index contributed by atoms with van der Waals surface area (Å²) in [6.07, 6.45) is 0. The van der Waals surface area contributed by atoms with Crippen LogP contribution in [0.25, 0.3) is 0 Å². The zero-order chi connectivity index (χ0) is 15.1. The smallest absolute Gasteiger partial charge is 0.308 e. The zero-order valence-corrected chi connectivity index (χ0v) is 11.8. The first-order chi connectivity index (χ1) is 9.43. The van der Waals surface area contributed by atoms with E-state index in [2.05, 4.69) is 0 Å². The number of carboxylic acids is 1. The lowest BCUT2D eigenvalue weighted by atomic mass is 10.2. The third kappa shape index (κ3) is 4.79. The van der Waals surface area contributed by atoms with Crippen molar-refractivity contribution in [3.63, 3.8) is 0 Å². The summed E-state index contributed by atoms with van der Waals surface area (Å²) in [7, 11) is 3.12. The van der Waals surface area contributed by atoms with Gasteiger partial charge in [0.2, 0.25) is 0 Å². The summed E-state index contributed by atoms with van der Waals surface area (Å²) >= 11 is 0. The molecule has 6 heteroatoms. The maximum Gasteiger partial charge on any atom is 0.308 e. The maximum absolute atomic E-state index is 11.8. The summed E-state index contributed by atoms with van der Waals surface area (Å²) in [6.45, 7) is 1.58. The number of likely N-dealkylation sites (N-methyl/N-ethyl adjacent to an activating group) is 1. The van der Waals surface area contributed by atoms with E-state index in [-0.39, 0.29) is 19.1 Å². The molecule has 1 unspecified atom stereocenters. The number of rotatable bonds is 7. The highest BCUT2D eigenvalue weighted by Gasteiger charge is 2.17. The number of hydrogen-bond acceptors (Lipinski definition) is 4. The van der Waals surface area contributed by atoms with E-state index in [0.717, 1.165) is 0 Å². The van der Waals surface area contributed by atoms with Crippen molar-refractivity contribution in [3.05, 3.63) is 24.3 Å². The lowest BCUT2D eigenvalue weighted by molar-refractivity contribution is -0.143. The number of amides is 1. The van der Waals surface area contributed by atoms with Crippen molar-refractivity contribution >= 4 is 11.9 Å². The summed E-state index contributed by atoms with van der Waals surface area (Å²) < 4.78 is 10.3. The van der Waals surface area contributed by atoms with Crippen molar-refractivity contribution in [2.45, 2.75) is 6.92 Å². The van der Waals surface area contributed by atoms with Gasteiger partial charge in [0.1, 0.15) is 11.5 Å². The number of carbonyl (C=O) groups excluding carboxylic acids is 1. The third-order valence-electron chi connectivity index (χ3n) is 2.82. The van der Waals surface area contributed by atoms with E-state index in [9.17, 15) is 9.59 Å². The minimum absolute atomic E-state index is 0.130. The molecule has 0 aliphatic carbocycles. The molecule has 1 atom stereocenters. The maximum atomic E-state index is 11.8. The number of nitrogens with zero attached hydrogens (tertiary/aromatic N) is 1. The van der Waals surface area contributed by atoms with Crippen LogP contribution in [0.15, 0.2) is 24.3 Å². The Morgan fingerprint density at radius 2 is 1.80 bits per heavy atom. The van der Waals surface area contributed by atoms with Crippen LogP contribution < -0.4 is 9.47 Å². The van der Waals surface area contributed by atoms with Crippen molar-refractivity contribution in [1.82, 2.24) is 4.90 Å². The standard InChI is InChI=1S/C14H19NO5/c1-10(14(17)18)8-15(2)13(16)9-20-12-6-4-11(19-3)5-7-12/h4-7,10H,8-9H2,1-3H3,(H,17,18). The number of ether oxygens (including phenoxy) is 2. The molecule has 6 nitrogen and oxygen atoms in total. The van der Waals surface area contributed by atoms with E-state index in [1.807, 2.05) is 0 Å². The highest BCUT2D eigenvalue weighted by molar-refractivity contribution is 5.78. The van der Waals surface area contributed by atoms with Crippen LogP contribution in [0.4, 0.5) is 0 Å². The molecule has 0 aliphatic rings. The van der Waals surface area contributed by atoms with Gasteiger partial charge in [-0.25, -0.2) is 0 Å². The number of benzene rings is 1. The number of aliphatic carboxylic acids is 1. The Hall–Kier alpha value is -2.24. The molecule has 1 aromatic carbocycles. The van der Waals surface area contributed by atoms with Gasteiger partial charge in [0, 0.05) is 13.6 Å². The van der Waals surface area contributed by atoms with Gasteiger partial charge in [0.05, 0.1) is 13.0 Å². The van der Waals surface area contributed by atoms with Crippen molar-refractivity contribution in [1.29, 1.82) is 0 Å². The molecular weight excluding hydrogens is 262 g/mol. The van der Waals surface area contributed by atoms with Gasteiger partial charge in [-0.2, -0.15) is 0 Å². The molecule has 0 radical (unpaired) electrons. The van der Waals surface area contributed by atoms with Crippen LogP contribution >= 0.6 is 0 Å². The Kier molecular flexibility index (Phi) is 5.83. The van der Waals surface area contributed by atoms with Gasteiger partial charge in [0.25, 0.3) is 5.91 Å². The van der Waals surface area contributed by atoms with E-state index in [4.69, 9.17) is 14.6 Å². The van der Waals surface area contributed by atoms with Gasteiger partial charge < -0.3 is 19.5 Å². The number of carboxylic acid groups (broad SMARTS) is 1. The molecule has 0 fully saturated rings. The third-order valence-corrected chi connectivity index (χ3v) is 2.82. The fourth-order valence-electron chi connectivity index (χ4n) is 1.52. The topological polar surface area (TPSA) is 76.1 Å². The average Bonchev–Trinajstić information content (AvgIpc) is 2.44. The quantitative estimate of drug-likeness (QED) is 0.814. The average molecular weight is 281 g/mol. The second-order valence-corrected chi connectivity index (χ2v) is 4.48. The summed E-state index contributed by atoms with van der Waals surface area (Å²) in [5, 5.41) is 8.79. The number of hydrogen-bond donors (Lipinski definition) is 1. The van der Waals surface area contributed by atoms with Gasteiger partial charge in [-0.1, -0.05) is 6.92 Å². The van der Waals surface area contributed by atoms with Crippen LogP contribution in [0.5, 0.6) is 11.5 Å². The molecular formula is C14H19NO5. The van der Waals surface area contributed by atoms with Crippen molar-refractivity contribution in [2.75, 3.05) is 27.3 Å². The normalized spacial score (nSPS) is 11.6. The van der Waals surface area contributed by atoms with E-state index in [1.165, 1.54) is 4.90 Å². The molecule has 0 bridgehead atoms. The van der Waals surface area contributed by atoms with Crippen LogP contribution in [0.1, 0.15) is 6.92 Å². The first-order valence-corrected chi connectivity index (χ1v) is 6.17. The van der Waals surface area contributed by atoms with Gasteiger partial charge in [-0.15, -0.1) is 0 Å². The lowest BCUT2D eigenvalue weighted by Gasteiger charge is -2.19. The highest BCUT2D eigenvalue weighted by Crippen LogP contribution is 2.16. The second-order valence-electron chi connectivity index (χ2n) is 4.48. The monoisotopic (exact) mass is 281 g/mol. The van der Waals surface area contributed by atoms with Gasteiger partial charge in [-0.3, -0.25) is 9.59 Å². The van der Waals surface area contributed by atoms with Crippen molar-refractivity contribution in [2.24, 2.45) is 5.92 Å². The molecule has 0 saturated carbocycles. The highest BCUT2D eigenvalue weighted by atomic mass is 16.5. The van der Waals surface area contributed by atoms with Crippen LogP contribution in [0, 0.1) is 5.92 Å². The Labute approximate surface area is 117 Å². The van der Waals surface area contributed by atoms with Gasteiger partial charge >= 0.3 is 5.97 Å². The first kappa shape index (κ1) is 15.8. The summed E-state index contributed by atoms with van der Waals surface area (Å²) in [5.41, 5.74) is 0. The zero-order valence-electron chi connectivity index (χ0n) is 11.8. The fourth-order valence-corrected chi connectivity index (χ4v) is 1.52. The van der Waals surface area contributed by atoms with Crippen molar-refractivity contribution < 1.29 is 24.2 Å². The molecule has 1 aromatic rings. The minimum atomic E-state index is -0.930. The van der Waals surface area contributed by atoms with E-state index < -0.39 is 11.9 Å². The lowest BCUT2D eigenvalue weighted by Crippen LogP contribution is -2.36. The SMILES string of the molecule is COc1ccc(OCC(=O)N(C)CC(C)C(=O)O)cc1. The molecule has 0 saturated heterocycles. The largest absolute Gasteiger partial charge is 0.497 e. The molecule has 0 aromatic heterocycles. The van der Waals surface area contributed by atoms with Crippen LogP contribution in [0.2, 0.25) is 0 Å². The Balaban J connectivity index is 2.43. The molecule has 110 valence electrons. The first-order valence-electron chi connectivity index (χ1n) is 6.17. The second kappa shape index (κ2) is 7.37. The number of methoxy groups -OCH3 is 1. The van der Waals surface area contributed by atoms with Crippen molar-refractivity contribution in [3.8, 4) is 11.5 Å². The molecule has 0 aliphatic heterocycles. The number of carbonyl (C=O) groups is 2. The van der Waals surface area contributed by atoms with E-state index in [0.29, 0.717) is 11.5 Å². The van der Waals surface area contributed by atoms with E-state index >= 15 is 0 Å². The molecule has 1 amide bonds. The van der Waals surface area contributed by atoms with Gasteiger partial charge in [-0.05, 0) is 24.3 Å². The van der Waals surface area contributed by atoms with Crippen LogP contribution in [-0.2, 0) is 9.59 Å². The molecule has 0 spiro atoms. The molecule has 1 rings (SSSR count). The Morgan fingerprint density at radius 3 is 2.30 bits per heavy atom. The molecule has 1 N–H and O–H groups in total. The Bertz CT molecular complexity index is 457. The minimum Gasteiger partial charge on any atom is -0.497 e. The molecule has 0 heterocycles. The van der Waals surface area contributed by atoms with Crippen LogP contribution in [-0.4, -0.2) is 49.2 Å². The summed E-state index contributed by atoms with van der Waals surface area (Å²) in [4.78, 5) is 23.8. The van der Waals surface area contributed by atoms with Crippen LogP contribution in [0.3, 0.4) is 0 Å².